The van der Waals surface area contributed by atoms with Gasteiger partial charge in [0.1, 0.15) is 6.54 Å². The van der Waals surface area contributed by atoms with Crippen LogP contribution in [0, 0.1) is 5.92 Å². The van der Waals surface area contributed by atoms with Crippen LogP contribution in [0.2, 0.25) is 0 Å². The zero-order valence-corrected chi connectivity index (χ0v) is 8.16. The fraction of sp³-hybridized carbons (Fsp3) is 0.875. The van der Waals surface area contributed by atoms with Crippen LogP contribution in [-0.4, -0.2) is 38.4 Å². The molecule has 0 radical (unpaired) electrons. The number of nitrogens with one attached hydrogen (secondary N) is 3. The van der Waals surface area contributed by atoms with E-state index in [1.54, 1.807) is 5.32 Å². The Balaban J connectivity index is 2.08. The standard InChI is InChI=1S/C8H14F3N3O/c9-8(10,11)5-14-7(15)13-4-6-1-2-12-3-6/h6,12H,1-5H2,(H2,13,14,15). The maximum atomic E-state index is 11.7. The largest absolute Gasteiger partial charge is 0.405 e. The minimum Gasteiger partial charge on any atom is -0.338 e. The Morgan fingerprint density at radius 2 is 2.13 bits per heavy atom. The van der Waals surface area contributed by atoms with Crippen molar-refractivity contribution < 1.29 is 18.0 Å². The van der Waals surface area contributed by atoms with Gasteiger partial charge in [-0.1, -0.05) is 0 Å². The third-order valence-corrected chi connectivity index (χ3v) is 2.16. The molecule has 2 amide bonds. The first-order chi connectivity index (χ1) is 6.97. The summed E-state index contributed by atoms with van der Waals surface area (Å²) >= 11 is 0. The van der Waals surface area contributed by atoms with Crippen LogP contribution in [0.15, 0.2) is 0 Å². The molecule has 0 bridgehead atoms. The van der Waals surface area contributed by atoms with Gasteiger partial charge in [-0.3, -0.25) is 0 Å². The molecule has 1 aliphatic heterocycles. The number of carbonyl (C=O) groups is 1. The van der Waals surface area contributed by atoms with Crippen LogP contribution in [0.1, 0.15) is 6.42 Å². The Hall–Kier alpha value is -0.980. The zero-order valence-electron chi connectivity index (χ0n) is 8.16. The molecule has 4 nitrogen and oxygen atoms in total. The van der Waals surface area contributed by atoms with Crippen molar-refractivity contribution >= 4 is 6.03 Å². The van der Waals surface area contributed by atoms with Crippen molar-refractivity contribution in [3.8, 4) is 0 Å². The van der Waals surface area contributed by atoms with Crippen molar-refractivity contribution in [2.75, 3.05) is 26.2 Å². The van der Waals surface area contributed by atoms with Crippen molar-refractivity contribution in [1.82, 2.24) is 16.0 Å². The van der Waals surface area contributed by atoms with Gasteiger partial charge >= 0.3 is 12.2 Å². The summed E-state index contributed by atoms with van der Waals surface area (Å²) in [5, 5.41) is 7.26. The summed E-state index contributed by atoms with van der Waals surface area (Å²) in [4.78, 5) is 10.9. The normalized spacial score (nSPS) is 21.4. The lowest BCUT2D eigenvalue weighted by atomic mass is 10.1. The molecule has 1 fully saturated rings. The molecule has 1 heterocycles. The molecule has 0 aromatic carbocycles. The van der Waals surface area contributed by atoms with Gasteiger partial charge in [0, 0.05) is 6.54 Å². The van der Waals surface area contributed by atoms with Crippen LogP contribution in [-0.2, 0) is 0 Å². The topological polar surface area (TPSA) is 53.2 Å². The molecule has 1 saturated heterocycles. The molecule has 0 saturated carbocycles. The summed E-state index contributed by atoms with van der Waals surface area (Å²) in [5.41, 5.74) is 0. The Bertz CT molecular complexity index is 214. The molecule has 0 aliphatic carbocycles. The first-order valence-electron chi connectivity index (χ1n) is 4.76. The highest BCUT2D eigenvalue weighted by molar-refractivity contribution is 5.73. The predicted molar refractivity (Wildman–Crippen MR) is 48.4 cm³/mol. The minimum absolute atomic E-state index is 0.321. The average Bonchev–Trinajstić information content (AvgIpc) is 2.62. The van der Waals surface area contributed by atoms with E-state index in [1.807, 2.05) is 0 Å². The van der Waals surface area contributed by atoms with Gasteiger partial charge in [0.2, 0.25) is 0 Å². The van der Waals surface area contributed by atoms with E-state index in [9.17, 15) is 18.0 Å². The third-order valence-electron chi connectivity index (χ3n) is 2.16. The predicted octanol–water partition coefficient (Wildman–Crippen LogP) is 0.457. The molecule has 0 aromatic heterocycles. The number of hydrogen-bond acceptors (Lipinski definition) is 2. The van der Waals surface area contributed by atoms with E-state index in [2.05, 4.69) is 10.6 Å². The zero-order chi connectivity index (χ0) is 11.3. The van der Waals surface area contributed by atoms with Crippen molar-refractivity contribution in [2.24, 2.45) is 5.92 Å². The first kappa shape index (κ1) is 12.1. The second kappa shape index (κ2) is 5.20. The number of halogens is 3. The smallest absolute Gasteiger partial charge is 0.338 e. The second-order valence-electron chi connectivity index (χ2n) is 3.54. The molecule has 1 atom stereocenters. The van der Waals surface area contributed by atoms with E-state index < -0.39 is 18.8 Å². The van der Waals surface area contributed by atoms with Crippen LogP contribution in [0.3, 0.4) is 0 Å². The van der Waals surface area contributed by atoms with Crippen molar-refractivity contribution in [1.29, 1.82) is 0 Å². The van der Waals surface area contributed by atoms with Gasteiger partial charge in [-0.05, 0) is 25.4 Å². The van der Waals surface area contributed by atoms with Crippen LogP contribution >= 0.6 is 0 Å². The number of carbonyl (C=O) groups excluding carboxylic acids is 1. The fourth-order valence-corrected chi connectivity index (χ4v) is 1.37. The molecule has 7 heteroatoms. The SMILES string of the molecule is O=C(NCC1CCNC1)NCC(F)(F)F. The molecule has 88 valence electrons. The van der Waals surface area contributed by atoms with Crippen LogP contribution in [0.4, 0.5) is 18.0 Å². The van der Waals surface area contributed by atoms with E-state index in [4.69, 9.17) is 0 Å². The summed E-state index contributed by atoms with van der Waals surface area (Å²) in [7, 11) is 0. The van der Waals surface area contributed by atoms with Gasteiger partial charge < -0.3 is 16.0 Å². The highest BCUT2D eigenvalue weighted by atomic mass is 19.4. The maximum absolute atomic E-state index is 11.7. The summed E-state index contributed by atoms with van der Waals surface area (Å²) in [6.07, 6.45) is -3.41. The fourth-order valence-electron chi connectivity index (χ4n) is 1.37. The molecule has 15 heavy (non-hydrogen) atoms. The molecular weight excluding hydrogens is 211 g/mol. The van der Waals surface area contributed by atoms with E-state index in [0.717, 1.165) is 19.5 Å². The lowest BCUT2D eigenvalue weighted by molar-refractivity contribution is -0.122. The lowest BCUT2D eigenvalue weighted by Gasteiger charge is -2.12. The van der Waals surface area contributed by atoms with Crippen molar-refractivity contribution in [2.45, 2.75) is 12.6 Å². The van der Waals surface area contributed by atoms with Crippen LogP contribution < -0.4 is 16.0 Å². The van der Waals surface area contributed by atoms with Gasteiger partial charge in [-0.2, -0.15) is 13.2 Å². The summed E-state index contributed by atoms with van der Waals surface area (Å²) < 4.78 is 35.1. The monoisotopic (exact) mass is 225 g/mol. The summed E-state index contributed by atoms with van der Waals surface area (Å²) in [6.45, 7) is 0.828. The number of amides is 2. The van der Waals surface area contributed by atoms with Crippen molar-refractivity contribution in [3.63, 3.8) is 0 Å². The highest BCUT2D eigenvalue weighted by Gasteiger charge is 2.27. The average molecular weight is 225 g/mol. The minimum atomic E-state index is -4.35. The van der Waals surface area contributed by atoms with E-state index in [-0.39, 0.29) is 0 Å². The van der Waals surface area contributed by atoms with Gasteiger partial charge in [0.25, 0.3) is 0 Å². The van der Waals surface area contributed by atoms with Crippen LogP contribution in [0.25, 0.3) is 0 Å². The molecule has 0 spiro atoms. The number of alkyl halides is 3. The molecule has 1 rings (SSSR count). The van der Waals surface area contributed by atoms with E-state index in [1.165, 1.54) is 0 Å². The Morgan fingerprint density at radius 1 is 1.40 bits per heavy atom. The summed E-state index contributed by atoms with van der Waals surface area (Å²) in [5.74, 6) is 0.321. The van der Waals surface area contributed by atoms with Gasteiger partial charge in [-0.15, -0.1) is 0 Å². The molecule has 3 N–H and O–H groups in total. The Kier molecular flexibility index (Phi) is 4.19. The quantitative estimate of drug-likeness (QED) is 0.653. The molecular formula is C8H14F3N3O. The number of urea groups is 1. The van der Waals surface area contributed by atoms with Gasteiger partial charge in [-0.25, -0.2) is 4.79 Å². The number of hydrogen-bond donors (Lipinski definition) is 3. The molecule has 1 unspecified atom stereocenters. The number of rotatable bonds is 3. The van der Waals surface area contributed by atoms with Gasteiger partial charge in [0.05, 0.1) is 0 Å². The van der Waals surface area contributed by atoms with E-state index >= 15 is 0 Å². The summed E-state index contributed by atoms with van der Waals surface area (Å²) in [6, 6.07) is -0.765. The van der Waals surface area contributed by atoms with Crippen molar-refractivity contribution in [3.05, 3.63) is 0 Å². The second-order valence-corrected chi connectivity index (χ2v) is 3.54. The third kappa shape index (κ3) is 5.46. The lowest BCUT2D eigenvalue weighted by Crippen LogP contribution is -2.42. The molecule has 1 aliphatic rings. The maximum Gasteiger partial charge on any atom is 0.405 e. The Morgan fingerprint density at radius 3 is 2.67 bits per heavy atom. The van der Waals surface area contributed by atoms with Crippen LogP contribution in [0.5, 0.6) is 0 Å². The molecule has 0 aromatic rings. The first-order valence-corrected chi connectivity index (χ1v) is 4.76. The van der Waals surface area contributed by atoms with E-state index in [0.29, 0.717) is 12.5 Å². The van der Waals surface area contributed by atoms with Gasteiger partial charge in [0.15, 0.2) is 0 Å². The Labute approximate surface area is 85.6 Å². The highest BCUT2D eigenvalue weighted by Crippen LogP contribution is 2.12.